The van der Waals surface area contributed by atoms with Gasteiger partial charge in [0.2, 0.25) is 0 Å². The minimum atomic E-state index is -4.36. The molecule has 1 aliphatic carbocycles. The van der Waals surface area contributed by atoms with Crippen LogP contribution in [0.3, 0.4) is 0 Å². The summed E-state index contributed by atoms with van der Waals surface area (Å²) in [6, 6.07) is 12.0. The summed E-state index contributed by atoms with van der Waals surface area (Å²) in [5.74, 6) is -0.469. The van der Waals surface area contributed by atoms with Gasteiger partial charge in [-0.15, -0.1) is 5.11 Å². The first-order valence-electron chi connectivity index (χ1n) is 11.0. The van der Waals surface area contributed by atoms with Crippen LogP contribution in [0.15, 0.2) is 69.9 Å². The van der Waals surface area contributed by atoms with Gasteiger partial charge in [0.05, 0.1) is 11.6 Å². The van der Waals surface area contributed by atoms with Crippen LogP contribution in [0.4, 0.5) is 13.2 Å². The fraction of sp³-hybridized carbons (Fsp3) is 0.360. The standard InChI is InChI=1S/C25H24F3N3O2/c26-25(27,28)19-10-8-16(9-11-19)12-13-29-23(32)18-5-3-4-17(14-18)15-22-20-6-1-2-7-21(20)24(33)31-30-22/h3-5,8-11,14,22H,1-2,6-7,12-13,15H2,(H,29,32). The second kappa shape index (κ2) is 9.68. The van der Waals surface area contributed by atoms with E-state index in [0.717, 1.165) is 54.5 Å². The molecule has 0 radical (unpaired) electrons. The SMILES string of the molecule is O=C1N=NC(Cc2cccc(C(=O)NCCc3ccc(C(F)(F)F)cc3)c2)C2=C1CCCC2. The monoisotopic (exact) mass is 455 g/mol. The Bertz CT molecular complexity index is 1100. The maximum Gasteiger partial charge on any atom is 0.416 e. The normalized spacial score (nSPS) is 18.3. The average molecular weight is 455 g/mol. The molecule has 2 aromatic rings. The van der Waals surface area contributed by atoms with Crippen LogP contribution >= 0.6 is 0 Å². The highest BCUT2D eigenvalue weighted by atomic mass is 19.4. The van der Waals surface area contributed by atoms with Crippen molar-refractivity contribution in [2.75, 3.05) is 6.54 Å². The number of carbonyl (C=O) groups excluding carboxylic acids is 2. The molecule has 1 unspecified atom stereocenters. The fourth-order valence-corrected chi connectivity index (χ4v) is 4.30. The summed E-state index contributed by atoms with van der Waals surface area (Å²) in [7, 11) is 0. The number of benzene rings is 2. The molecule has 1 atom stereocenters. The van der Waals surface area contributed by atoms with Crippen LogP contribution in [0.2, 0.25) is 0 Å². The third-order valence-corrected chi connectivity index (χ3v) is 6.06. The van der Waals surface area contributed by atoms with Gasteiger partial charge in [0.15, 0.2) is 0 Å². The molecule has 33 heavy (non-hydrogen) atoms. The lowest BCUT2D eigenvalue weighted by Gasteiger charge is -2.25. The number of azo groups is 1. The molecule has 2 amide bonds. The molecule has 4 rings (SSSR count). The average Bonchev–Trinajstić information content (AvgIpc) is 2.81. The Labute approximate surface area is 189 Å². The Hall–Kier alpha value is -3.29. The van der Waals surface area contributed by atoms with Crippen LogP contribution in [-0.2, 0) is 23.8 Å². The Balaban J connectivity index is 1.35. The number of nitrogens with zero attached hydrogens (tertiary/aromatic N) is 2. The minimum Gasteiger partial charge on any atom is -0.352 e. The van der Waals surface area contributed by atoms with Crippen LogP contribution in [0.5, 0.6) is 0 Å². The zero-order chi connectivity index (χ0) is 23.4. The van der Waals surface area contributed by atoms with Crippen molar-refractivity contribution in [1.82, 2.24) is 5.32 Å². The molecular weight excluding hydrogens is 431 g/mol. The molecule has 1 N–H and O–H groups in total. The van der Waals surface area contributed by atoms with E-state index in [1.165, 1.54) is 12.1 Å². The molecule has 1 aliphatic heterocycles. The van der Waals surface area contributed by atoms with E-state index in [4.69, 9.17) is 0 Å². The van der Waals surface area contributed by atoms with Gasteiger partial charge in [-0.05, 0) is 73.1 Å². The van der Waals surface area contributed by atoms with Gasteiger partial charge >= 0.3 is 6.18 Å². The first kappa shape index (κ1) is 22.9. The molecule has 0 saturated heterocycles. The predicted octanol–water partition coefficient (Wildman–Crippen LogP) is 5.45. The number of alkyl halides is 3. The molecule has 8 heteroatoms. The first-order chi connectivity index (χ1) is 15.8. The summed E-state index contributed by atoms with van der Waals surface area (Å²) in [5.41, 5.74) is 3.34. The van der Waals surface area contributed by atoms with Crippen molar-refractivity contribution in [2.45, 2.75) is 50.7 Å². The Morgan fingerprint density at radius 1 is 1.03 bits per heavy atom. The Morgan fingerprint density at radius 2 is 1.79 bits per heavy atom. The molecule has 0 bridgehead atoms. The van der Waals surface area contributed by atoms with Gasteiger partial charge < -0.3 is 5.32 Å². The zero-order valence-electron chi connectivity index (χ0n) is 18.0. The molecule has 0 fully saturated rings. The molecule has 0 saturated carbocycles. The molecule has 2 aliphatic rings. The number of hydrogen-bond acceptors (Lipinski definition) is 3. The van der Waals surface area contributed by atoms with Gasteiger partial charge in [0, 0.05) is 24.1 Å². The number of amides is 2. The van der Waals surface area contributed by atoms with Crippen molar-refractivity contribution in [1.29, 1.82) is 0 Å². The number of rotatable bonds is 6. The van der Waals surface area contributed by atoms with E-state index in [9.17, 15) is 22.8 Å². The third kappa shape index (κ3) is 5.56. The molecule has 5 nitrogen and oxygen atoms in total. The molecular formula is C25H24F3N3O2. The third-order valence-electron chi connectivity index (χ3n) is 6.06. The van der Waals surface area contributed by atoms with E-state index in [1.807, 2.05) is 12.1 Å². The Morgan fingerprint density at radius 3 is 2.55 bits per heavy atom. The fourth-order valence-electron chi connectivity index (χ4n) is 4.30. The summed E-state index contributed by atoms with van der Waals surface area (Å²) < 4.78 is 38.0. The molecule has 172 valence electrons. The van der Waals surface area contributed by atoms with Crippen molar-refractivity contribution in [3.8, 4) is 0 Å². The van der Waals surface area contributed by atoms with Gasteiger partial charge in [0.1, 0.15) is 0 Å². The second-order valence-corrected chi connectivity index (χ2v) is 8.35. The minimum absolute atomic E-state index is 0.170. The second-order valence-electron chi connectivity index (χ2n) is 8.35. The summed E-state index contributed by atoms with van der Waals surface area (Å²) >= 11 is 0. The molecule has 0 spiro atoms. The van der Waals surface area contributed by atoms with Gasteiger partial charge in [-0.3, -0.25) is 9.59 Å². The van der Waals surface area contributed by atoms with Crippen LogP contribution in [0.1, 0.15) is 52.7 Å². The number of carbonyl (C=O) groups is 2. The van der Waals surface area contributed by atoms with E-state index in [0.29, 0.717) is 30.5 Å². The predicted molar refractivity (Wildman–Crippen MR) is 117 cm³/mol. The highest BCUT2D eigenvalue weighted by Crippen LogP contribution is 2.33. The maximum atomic E-state index is 12.7. The highest BCUT2D eigenvalue weighted by molar-refractivity contribution is 5.96. The lowest BCUT2D eigenvalue weighted by molar-refractivity contribution is -0.137. The number of hydrogen-bond donors (Lipinski definition) is 1. The summed E-state index contributed by atoms with van der Waals surface area (Å²) in [4.78, 5) is 24.6. The van der Waals surface area contributed by atoms with Crippen LogP contribution in [0, 0.1) is 0 Å². The Kier molecular flexibility index (Phi) is 6.72. The largest absolute Gasteiger partial charge is 0.416 e. The van der Waals surface area contributed by atoms with Gasteiger partial charge in [-0.25, -0.2) is 0 Å². The smallest absolute Gasteiger partial charge is 0.352 e. The summed E-state index contributed by atoms with van der Waals surface area (Å²) in [5, 5.41) is 10.9. The molecule has 1 heterocycles. The maximum absolute atomic E-state index is 12.7. The molecule has 2 aromatic carbocycles. The van der Waals surface area contributed by atoms with E-state index in [1.54, 1.807) is 12.1 Å². The van der Waals surface area contributed by atoms with Crippen molar-refractivity contribution in [2.24, 2.45) is 10.2 Å². The van der Waals surface area contributed by atoms with Crippen LogP contribution in [-0.4, -0.2) is 24.4 Å². The van der Waals surface area contributed by atoms with Gasteiger partial charge in [0.25, 0.3) is 11.8 Å². The first-order valence-corrected chi connectivity index (χ1v) is 11.0. The van der Waals surface area contributed by atoms with Crippen LogP contribution < -0.4 is 5.32 Å². The molecule has 0 aromatic heterocycles. The summed E-state index contributed by atoms with van der Waals surface area (Å²) in [6.07, 6.45) is 0.287. The lowest BCUT2D eigenvalue weighted by Crippen LogP contribution is -2.26. The van der Waals surface area contributed by atoms with Crippen LogP contribution in [0.25, 0.3) is 0 Å². The van der Waals surface area contributed by atoms with Crippen molar-refractivity contribution < 1.29 is 22.8 Å². The van der Waals surface area contributed by atoms with E-state index >= 15 is 0 Å². The highest BCUT2D eigenvalue weighted by Gasteiger charge is 2.30. The quantitative estimate of drug-likeness (QED) is 0.629. The van der Waals surface area contributed by atoms with Gasteiger partial charge in [-0.1, -0.05) is 24.3 Å². The van der Waals surface area contributed by atoms with Crippen molar-refractivity contribution in [3.63, 3.8) is 0 Å². The number of nitrogens with one attached hydrogen (secondary N) is 1. The number of halogens is 3. The zero-order valence-corrected chi connectivity index (χ0v) is 18.0. The van der Waals surface area contributed by atoms with E-state index in [-0.39, 0.29) is 17.9 Å². The van der Waals surface area contributed by atoms with E-state index < -0.39 is 11.7 Å². The lowest BCUT2D eigenvalue weighted by atomic mass is 9.84. The topological polar surface area (TPSA) is 70.9 Å². The van der Waals surface area contributed by atoms with Crippen molar-refractivity contribution in [3.05, 3.63) is 81.9 Å². The summed E-state index contributed by atoms with van der Waals surface area (Å²) in [6.45, 7) is 0.309. The van der Waals surface area contributed by atoms with E-state index in [2.05, 4.69) is 15.5 Å². The van der Waals surface area contributed by atoms with Gasteiger partial charge in [-0.2, -0.15) is 18.3 Å². The van der Waals surface area contributed by atoms with Crippen molar-refractivity contribution >= 4 is 11.8 Å².